The Kier molecular flexibility index (Phi) is 7.26. The van der Waals surface area contributed by atoms with Gasteiger partial charge in [-0.1, -0.05) is 12.1 Å². The van der Waals surface area contributed by atoms with E-state index < -0.39 is 17.6 Å². The molecule has 8 heteroatoms. The fourth-order valence-electron chi connectivity index (χ4n) is 2.63. The van der Waals surface area contributed by atoms with Crippen LogP contribution < -0.4 is 4.72 Å². The van der Waals surface area contributed by atoms with E-state index in [9.17, 15) is 18.7 Å². The minimum absolute atomic E-state index is 0.0465. The van der Waals surface area contributed by atoms with Crippen LogP contribution in [0, 0.1) is 11.6 Å². The van der Waals surface area contributed by atoms with E-state index in [0.29, 0.717) is 11.3 Å². The Bertz CT molecular complexity index is 1050. The van der Waals surface area contributed by atoms with Gasteiger partial charge in [-0.2, -0.15) is 0 Å². The summed E-state index contributed by atoms with van der Waals surface area (Å²) in [6, 6.07) is 14.7. The average Bonchev–Trinajstić information content (AvgIpc) is 2.74. The Morgan fingerprint density at radius 3 is 2.67 bits per heavy atom. The number of ether oxygens (including phenoxy) is 2. The Morgan fingerprint density at radius 1 is 1.07 bits per heavy atom. The number of hydrogen-bond acceptors (Lipinski definition) is 6. The lowest BCUT2D eigenvalue weighted by Gasteiger charge is -2.10. The maximum absolute atomic E-state index is 14.0. The van der Waals surface area contributed by atoms with Gasteiger partial charge in [-0.05, 0) is 60.0 Å². The number of carbonyl (C=O) groups is 1. The van der Waals surface area contributed by atoms with Gasteiger partial charge in [0.25, 0.3) is 0 Å². The number of nitrogens with one attached hydrogen (secondary N) is 1. The second kappa shape index (κ2) is 10.1. The Hall–Kier alpha value is -3.10. The molecule has 0 spiro atoms. The molecule has 156 valence electrons. The lowest BCUT2D eigenvalue weighted by Crippen LogP contribution is -2.10. The molecule has 3 aromatic rings. The van der Waals surface area contributed by atoms with Gasteiger partial charge in [-0.25, -0.2) is 13.6 Å². The average molecular weight is 431 g/mol. The first-order chi connectivity index (χ1) is 14.5. The van der Waals surface area contributed by atoms with Crippen molar-refractivity contribution in [2.24, 2.45) is 0 Å². The number of methoxy groups -OCH3 is 1. The van der Waals surface area contributed by atoms with E-state index in [2.05, 4.69) is 4.72 Å². The molecule has 0 saturated carbocycles. The molecule has 0 fully saturated rings. The number of carbonyl (C=O) groups excluding carboxylic acids is 1. The van der Waals surface area contributed by atoms with Crippen molar-refractivity contribution in [3.8, 4) is 16.9 Å². The molecule has 0 aliphatic rings. The third-order valence-corrected chi connectivity index (χ3v) is 4.93. The van der Waals surface area contributed by atoms with Gasteiger partial charge >= 0.3 is 5.97 Å². The normalized spacial score (nSPS) is 10.6. The Morgan fingerprint density at radius 2 is 1.90 bits per heavy atom. The highest BCUT2D eigenvalue weighted by molar-refractivity contribution is 8.00. The van der Waals surface area contributed by atoms with Crippen LogP contribution in [-0.4, -0.2) is 31.4 Å². The molecule has 30 heavy (non-hydrogen) atoms. The van der Waals surface area contributed by atoms with E-state index >= 15 is 0 Å². The number of rotatable bonds is 8. The molecule has 0 aromatic heterocycles. The molecular formula is C22H19F2NO4S. The minimum atomic E-state index is -0.645. The molecule has 5 nitrogen and oxygen atoms in total. The first-order valence-corrected chi connectivity index (χ1v) is 9.77. The van der Waals surface area contributed by atoms with Gasteiger partial charge in [-0.15, -0.1) is 0 Å². The predicted octanol–water partition coefficient (Wildman–Crippen LogP) is 5.26. The van der Waals surface area contributed by atoms with Crippen molar-refractivity contribution < 1.29 is 28.2 Å². The molecule has 2 N–H and O–H groups in total. The van der Waals surface area contributed by atoms with Crippen LogP contribution in [0.3, 0.4) is 0 Å². The van der Waals surface area contributed by atoms with Crippen LogP contribution in [0.2, 0.25) is 0 Å². The number of hydrogen-bond donors (Lipinski definition) is 2. The predicted molar refractivity (Wildman–Crippen MR) is 112 cm³/mol. The molecule has 3 rings (SSSR count). The van der Waals surface area contributed by atoms with Gasteiger partial charge in [0.05, 0.1) is 6.61 Å². The van der Waals surface area contributed by atoms with Crippen molar-refractivity contribution in [2.45, 2.75) is 4.90 Å². The zero-order valence-corrected chi connectivity index (χ0v) is 16.8. The van der Waals surface area contributed by atoms with Crippen LogP contribution in [0.5, 0.6) is 5.75 Å². The van der Waals surface area contributed by atoms with E-state index in [4.69, 9.17) is 9.47 Å². The van der Waals surface area contributed by atoms with Crippen molar-refractivity contribution in [3.63, 3.8) is 0 Å². The number of anilines is 1. The molecule has 0 bridgehead atoms. The monoisotopic (exact) mass is 431 g/mol. The summed E-state index contributed by atoms with van der Waals surface area (Å²) >= 11 is 1.22. The summed E-state index contributed by atoms with van der Waals surface area (Å²) in [6.45, 7) is 0.355. The van der Waals surface area contributed by atoms with Crippen molar-refractivity contribution in [1.82, 2.24) is 0 Å². The second-order valence-corrected chi connectivity index (χ2v) is 7.10. The van der Waals surface area contributed by atoms with E-state index in [1.807, 2.05) is 0 Å². The van der Waals surface area contributed by atoms with Crippen LogP contribution in [0.4, 0.5) is 14.5 Å². The lowest BCUT2D eigenvalue weighted by atomic mass is 10.1. The van der Waals surface area contributed by atoms with Crippen LogP contribution in [0.15, 0.2) is 65.6 Å². The maximum Gasteiger partial charge on any atom is 0.341 e. The highest BCUT2D eigenvalue weighted by Gasteiger charge is 2.13. The molecule has 0 unspecified atom stereocenters. The van der Waals surface area contributed by atoms with Crippen molar-refractivity contribution in [1.29, 1.82) is 0 Å². The van der Waals surface area contributed by atoms with Crippen LogP contribution in [0.25, 0.3) is 11.1 Å². The first-order valence-electron chi connectivity index (χ1n) is 8.95. The molecule has 0 aliphatic heterocycles. The molecule has 3 aromatic carbocycles. The van der Waals surface area contributed by atoms with Gasteiger partial charge in [0.1, 0.15) is 29.6 Å². The zero-order chi connectivity index (χ0) is 21.5. The number of phenolic OH excluding ortho intramolecular Hbond substituents is 1. The van der Waals surface area contributed by atoms with Crippen LogP contribution >= 0.6 is 11.9 Å². The van der Waals surface area contributed by atoms with Crippen LogP contribution in [0.1, 0.15) is 10.4 Å². The summed E-state index contributed by atoms with van der Waals surface area (Å²) in [4.78, 5) is 12.7. The van der Waals surface area contributed by atoms with Crippen molar-refractivity contribution >= 4 is 23.6 Å². The smallest absolute Gasteiger partial charge is 0.341 e. The number of aromatic hydroxyl groups is 1. The van der Waals surface area contributed by atoms with Gasteiger partial charge in [0.15, 0.2) is 0 Å². The molecule has 0 aliphatic carbocycles. The van der Waals surface area contributed by atoms with E-state index in [1.165, 1.54) is 31.2 Å². The Labute approximate surface area is 176 Å². The van der Waals surface area contributed by atoms with Gasteiger partial charge in [0.2, 0.25) is 0 Å². The number of halogens is 2. The molecule has 0 radical (unpaired) electrons. The molecular weight excluding hydrogens is 412 g/mol. The molecule has 0 heterocycles. The third kappa shape index (κ3) is 5.49. The first kappa shape index (κ1) is 21.6. The van der Waals surface area contributed by atoms with Crippen molar-refractivity contribution in [3.05, 3.63) is 77.9 Å². The summed E-state index contributed by atoms with van der Waals surface area (Å²) in [7, 11) is 1.49. The van der Waals surface area contributed by atoms with Gasteiger partial charge in [0, 0.05) is 29.3 Å². The van der Waals surface area contributed by atoms with E-state index in [-0.39, 0.29) is 30.1 Å². The fourth-order valence-corrected chi connectivity index (χ4v) is 3.32. The SMILES string of the molecule is COCCOC(=O)c1ccc(NSc2cccc(-c3cc(F)ccc3F)c2)cc1O. The Balaban J connectivity index is 1.68. The summed E-state index contributed by atoms with van der Waals surface area (Å²) in [5.41, 5.74) is 1.31. The van der Waals surface area contributed by atoms with E-state index in [1.54, 1.807) is 30.3 Å². The summed E-state index contributed by atoms with van der Waals surface area (Å²) < 4.78 is 40.3. The quantitative estimate of drug-likeness (QED) is 0.288. The molecule has 0 atom stereocenters. The summed E-state index contributed by atoms with van der Waals surface area (Å²) in [5.74, 6) is -1.89. The second-order valence-electron chi connectivity index (χ2n) is 6.22. The highest BCUT2D eigenvalue weighted by atomic mass is 32.2. The summed E-state index contributed by atoms with van der Waals surface area (Å²) in [5, 5.41) is 10.1. The largest absolute Gasteiger partial charge is 0.507 e. The third-order valence-electron chi connectivity index (χ3n) is 4.10. The molecule has 0 amide bonds. The number of phenols is 1. The standard InChI is InChI=1S/C22H19F2NO4S/c1-28-9-10-29-22(27)18-7-6-16(13-21(18)26)25-30-17-4-2-3-14(11-17)19-12-15(23)5-8-20(19)24/h2-8,11-13,25-26H,9-10H2,1H3. The topological polar surface area (TPSA) is 67.8 Å². The van der Waals surface area contributed by atoms with Crippen LogP contribution in [-0.2, 0) is 9.47 Å². The highest BCUT2D eigenvalue weighted by Crippen LogP contribution is 2.30. The maximum atomic E-state index is 14.0. The van der Waals surface area contributed by atoms with E-state index in [0.717, 1.165) is 23.1 Å². The lowest BCUT2D eigenvalue weighted by molar-refractivity contribution is 0.0385. The minimum Gasteiger partial charge on any atom is -0.507 e. The zero-order valence-electron chi connectivity index (χ0n) is 16.0. The molecule has 0 saturated heterocycles. The number of esters is 1. The fraction of sp³-hybridized carbons (Fsp3) is 0.136. The van der Waals surface area contributed by atoms with Crippen molar-refractivity contribution in [2.75, 3.05) is 25.0 Å². The number of benzene rings is 3. The van der Waals surface area contributed by atoms with Gasteiger partial charge in [-0.3, -0.25) is 0 Å². The summed E-state index contributed by atoms with van der Waals surface area (Å²) in [6.07, 6.45) is 0. The van der Waals surface area contributed by atoms with Gasteiger partial charge < -0.3 is 19.3 Å².